The third-order valence-corrected chi connectivity index (χ3v) is 4.00. The minimum Gasteiger partial charge on any atom is -0.350 e. The van der Waals surface area contributed by atoms with Gasteiger partial charge < -0.3 is 10.2 Å². The lowest BCUT2D eigenvalue weighted by atomic mass is 9.97. The minimum atomic E-state index is -0.0471. The first kappa shape index (κ1) is 16.0. The highest BCUT2D eigenvalue weighted by molar-refractivity contribution is 5.93. The Hall–Kier alpha value is -1.42. The fourth-order valence-electron chi connectivity index (χ4n) is 3.04. The van der Waals surface area contributed by atoms with Crippen LogP contribution < -0.4 is 5.32 Å². The van der Waals surface area contributed by atoms with E-state index in [2.05, 4.69) is 29.0 Å². The Kier molecular flexibility index (Phi) is 5.74. The summed E-state index contributed by atoms with van der Waals surface area (Å²) in [5.74, 6) is 1.22. The number of hydrogen-bond acceptors (Lipinski definition) is 3. The van der Waals surface area contributed by atoms with Gasteiger partial charge in [-0.3, -0.25) is 9.78 Å². The van der Waals surface area contributed by atoms with Crippen LogP contribution in [0.2, 0.25) is 0 Å². The van der Waals surface area contributed by atoms with Crippen molar-refractivity contribution in [1.29, 1.82) is 0 Å². The maximum Gasteiger partial charge on any atom is 0.270 e. The van der Waals surface area contributed by atoms with Gasteiger partial charge in [-0.2, -0.15) is 0 Å². The summed E-state index contributed by atoms with van der Waals surface area (Å²) >= 11 is 0. The monoisotopic (exact) mass is 289 g/mol. The van der Waals surface area contributed by atoms with Gasteiger partial charge in [0, 0.05) is 25.8 Å². The van der Waals surface area contributed by atoms with Crippen molar-refractivity contribution in [3.8, 4) is 0 Å². The number of piperidine rings is 1. The highest BCUT2D eigenvalue weighted by Gasteiger charge is 2.21. The molecule has 0 saturated carbocycles. The number of pyridine rings is 1. The summed E-state index contributed by atoms with van der Waals surface area (Å²) in [6.07, 6.45) is 4.11. The molecule has 2 heterocycles. The number of hydrogen-bond donors (Lipinski definition) is 1. The van der Waals surface area contributed by atoms with Gasteiger partial charge >= 0.3 is 0 Å². The van der Waals surface area contributed by atoms with Gasteiger partial charge in [0.1, 0.15) is 5.69 Å². The first-order chi connectivity index (χ1) is 10.1. The molecule has 1 aromatic rings. The highest BCUT2D eigenvalue weighted by Crippen LogP contribution is 2.17. The average Bonchev–Trinajstić information content (AvgIpc) is 2.45. The van der Waals surface area contributed by atoms with Crippen molar-refractivity contribution >= 4 is 5.91 Å². The van der Waals surface area contributed by atoms with Crippen LogP contribution in [-0.4, -0.2) is 42.0 Å². The Morgan fingerprint density at radius 3 is 3.05 bits per heavy atom. The summed E-state index contributed by atoms with van der Waals surface area (Å²) in [4.78, 5) is 18.9. The van der Waals surface area contributed by atoms with Gasteiger partial charge in [0.2, 0.25) is 0 Å². The van der Waals surface area contributed by atoms with Crippen LogP contribution in [0.4, 0.5) is 0 Å². The molecule has 1 atom stereocenters. The largest absolute Gasteiger partial charge is 0.350 e. The third-order valence-electron chi connectivity index (χ3n) is 4.00. The van der Waals surface area contributed by atoms with E-state index < -0.39 is 0 Å². The molecule has 1 fully saturated rings. The molecule has 0 aliphatic carbocycles. The van der Waals surface area contributed by atoms with Crippen molar-refractivity contribution in [1.82, 2.24) is 15.2 Å². The van der Waals surface area contributed by atoms with Crippen molar-refractivity contribution in [3.63, 3.8) is 0 Å². The fourth-order valence-corrected chi connectivity index (χ4v) is 3.04. The van der Waals surface area contributed by atoms with E-state index in [0.29, 0.717) is 17.5 Å². The fraction of sp³-hybridized carbons (Fsp3) is 0.647. The first-order valence-electron chi connectivity index (χ1n) is 7.98. The van der Waals surface area contributed by atoms with Crippen molar-refractivity contribution in [2.75, 3.05) is 26.2 Å². The maximum atomic E-state index is 12.2. The Morgan fingerprint density at radius 1 is 1.52 bits per heavy atom. The van der Waals surface area contributed by atoms with E-state index in [9.17, 15) is 4.79 Å². The predicted molar refractivity (Wildman–Crippen MR) is 85.3 cm³/mol. The number of likely N-dealkylation sites (tertiary alicyclic amines) is 1. The number of carbonyl (C=O) groups excluding carboxylic acids is 1. The SMILES string of the molecule is Cc1cccnc1C(=O)NC[C@H]1CCCN(CC(C)C)C1. The molecule has 0 spiro atoms. The quantitative estimate of drug-likeness (QED) is 0.906. The van der Waals surface area contributed by atoms with Crippen LogP contribution in [0.25, 0.3) is 0 Å². The molecule has 1 saturated heterocycles. The maximum absolute atomic E-state index is 12.2. The number of carbonyl (C=O) groups is 1. The Bertz CT molecular complexity index is 473. The van der Waals surface area contributed by atoms with Crippen LogP contribution in [0.5, 0.6) is 0 Å². The zero-order valence-electron chi connectivity index (χ0n) is 13.4. The van der Waals surface area contributed by atoms with Gasteiger partial charge in [-0.15, -0.1) is 0 Å². The summed E-state index contributed by atoms with van der Waals surface area (Å²) in [5.41, 5.74) is 1.48. The van der Waals surface area contributed by atoms with Crippen LogP contribution in [0, 0.1) is 18.8 Å². The Balaban J connectivity index is 1.82. The standard InChI is InChI=1S/C17H27N3O/c1-13(2)11-20-9-5-7-15(12-20)10-19-17(21)16-14(3)6-4-8-18-16/h4,6,8,13,15H,5,7,9-12H2,1-3H3,(H,19,21)/t15-/m1/s1. The van der Waals surface area contributed by atoms with E-state index in [4.69, 9.17) is 0 Å². The predicted octanol–water partition coefficient (Wildman–Crippen LogP) is 2.49. The lowest BCUT2D eigenvalue weighted by molar-refractivity contribution is 0.0923. The normalized spacial score (nSPS) is 19.7. The molecule has 116 valence electrons. The molecular formula is C17H27N3O. The van der Waals surface area contributed by atoms with E-state index in [1.54, 1.807) is 6.20 Å². The van der Waals surface area contributed by atoms with E-state index in [-0.39, 0.29) is 5.91 Å². The molecule has 2 rings (SSSR count). The summed E-state index contributed by atoms with van der Waals surface area (Å²) < 4.78 is 0. The third kappa shape index (κ3) is 4.81. The second-order valence-electron chi connectivity index (χ2n) is 6.54. The van der Waals surface area contributed by atoms with Crippen molar-refractivity contribution in [3.05, 3.63) is 29.6 Å². The summed E-state index contributed by atoms with van der Waals surface area (Å²) in [5, 5.41) is 3.06. The smallest absolute Gasteiger partial charge is 0.270 e. The highest BCUT2D eigenvalue weighted by atomic mass is 16.1. The zero-order valence-corrected chi connectivity index (χ0v) is 13.4. The Labute approximate surface area is 127 Å². The number of rotatable bonds is 5. The van der Waals surface area contributed by atoms with Gasteiger partial charge in [-0.05, 0) is 49.8 Å². The number of amides is 1. The van der Waals surface area contributed by atoms with Crippen LogP contribution >= 0.6 is 0 Å². The molecule has 1 aliphatic rings. The van der Waals surface area contributed by atoms with Gasteiger partial charge in [0.25, 0.3) is 5.91 Å². The van der Waals surface area contributed by atoms with Gasteiger partial charge in [0.05, 0.1) is 0 Å². The summed E-state index contributed by atoms with van der Waals surface area (Å²) in [6, 6.07) is 3.78. The summed E-state index contributed by atoms with van der Waals surface area (Å²) in [7, 11) is 0. The van der Waals surface area contributed by atoms with Gasteiger partial charge in [0.15, 0.2) is 0 Å². The first-order valence-corrected chi connectivity index (χ1v) is 7.98. The lowest BCUT2D eigenvalue weighted by Crippen LogP contribution is -2.42. The molecule has 4 heteroatoms. The molecule has 1 amide bonds. The molecule has 1 aliphatic heterocycles. The second-order valence-corrected chi connectivity index (χ2v) is 6.54. The molecule has 0 radical (unpaired) electrons. The van der Waals surface area contributed by atoms with Gasteiger partial charge in [-0.25, -0.2) is 0 Å². The van der Waals surface area contributed by atoms with Gasteiger partial charge in [-0.1, -0.05) is 19.9 Å². The minimum absolute atomic E-state index is 0.0471. The van der Waals surface area contributed by atoms with Crippen LogP contribution in [0.3, 0.4) is 0 Å². The topological polar surface area (TPSA) is 45.2 Å². The molecule has 21 heavy (non-hydrogen) atoms. The molecule has 4 nitrogen and oxygen atoms in total. The molecular weight excluding hydrogens is 262 g/mol. The number of nitrogens with one attached hydrogen (secondary N) is 1. The van der Waals surface area contributed by atoms with E-state index in [0.717, 1.165) is 25.2 Å². The molecule has 0 unspecified atom stereocenters. The Morgan fingerprint density at radius 2 is 2.33 bits per heavy atom. The molecule has 1 aromatic heterocycles. The van der Waals surface area contributed by atoms with E-state index in [1.807, 2.05) is 19.1 Å². The van der Waals surface area contributed by atoms with Crippen LogP contribution in [0.15, 0.2) is 18.3 Å². The van der Waals surface area contributed by atoms with Crippen molar-refractivity contribution in [2.45, 2.75) is 33.6 Å². The van der Waals surface area contributed by atoms with E-state index in [1.165, 1.54) is 19.4 Å². The van der Waals surface area contributed by atoms with Crippen molar-refractivity contribution in [2.24, 2.45) is 11.8 Å². The summed E-state index contributed by atoms with van der Waals surface area (Å²) in [6.45, 7) is 10.6. The van der Waals surface area contributed by atoms with Crippen LogP contribution in [-0.2, 0) is 0 Å². The van der Waals surface area contributed by atoms with E-state index >= 15 is 0 Å². The van der Waals surface area contributed by atoms with Crippen molar-refractivity contribution < 1.29 is 4.79 Å². The molecule has 1 N–H and O–H groups in total. The second kappa shape index (κ2) is 7.55. The zero-order chi connectivity index (χ0) is 15.2. The number of aryl methyl sites for hydroxylation is 1. The number of aromatic nitrogens is 1. The average molecular weight is 289 g/mol. The molecule has 0 bridgehead atoms. The number of nitrogens with zero attached hydrogens (tertiary/aromatic N) is 2. The van der Waals surface area contributed by atoms with Crippen LogP contribution in [0.1, 0.15) is 42.7 Å². The lowest BCUT2D eigenvalue weighted by Gasteiger charge is -2.33. The molecule has 0 aromatic carbocycles.